The van der Waals surface area contributed by atoms with E-state index in [1.54, 1.807) is 11.8 Å². The number of aromatic nitrogens is 1. The Morgan fingerprint density at radius 1 is 0.871 bits per heavy atom. The van der Waals surface area contributed by atoms with Gasteiger partial charge in [-0.15, -0.1) is 11.8 Å². The predicted octanol–water partition coefficient (Wildman–Crippen LogP) is 5.51. The zero-order chi connectivity index (χ0) is 21.8. The van der Waals surface area contributed by atoms with Crippen molar-refractivity contribution in [2.75, 3.05) is 14.2 Å². The van der Waals surface area contributed by atoms with E-state index in [0.717, 1.165) is 32.3 Å². The Balaban J connectivity index is 1.77. The molecular weight excluding hydrogens is 410 g/mol. The summed E-state index contributed by atoms with van der Waals surface area (Å²) in [4.78, 5) is 28.2. The van der Waals surface area contributed by atoms with Crippen molar-refractivity contribution in [1.82, 2.24) is 4.98 Å². The van der Waals surface area contributed by atoms with E-state index in [4.69, 9.17) is 9.47 Å². The number of carbonyl (C=O) groups excluding carboxylic acids is 2. The molecule has 0 fully saturated rings. The van der Waals surface area contributed by atoms with Gasteiger partial charge in [-0.3, -0.25) is 9.59 Å². The highest BCUT2D eigenvalue weighted by Gasteiger charge is 2.33. The smallest absolute Gasteiger partial charge is 0.320 e. The Bertz CT molecular complexity index is 1180. The van der Waals surface area contributed by atoms with E-state index in [2.05, 4.69) is 35.3 Å². The third-order valence-corrected chi connectivity index (χ3v) is 6.57. The molecule has 1 heterocycles. The largest absolute Gasteiger partial charge is 0.468 e. The molecule has 1 N–H and O–H groups in total. The van der Waals surface area contributed by atoms with Crippen molar-refractivity contribution in [1.29, 1.82) is 0 Å². The molecule has 3 aromatic carbocycles. The zero-order valence-corrected chi connectivity index (χ0v) is 18.1. The van der Waals surface area contributed by atoms with E-state index in [1.807, 2.05) is 42.5 Å². The molecule has 5 nitrogen and oxygen atoms in total. The number of esters is 2. The molecule has 0 aliphatic heterocycles. The molecule has 1 aromatic heterocycles. The number of aromatic amines is 1. The van der Waals surface area contributed by atoms with Crippen LogP contribution in [0.15, 0.2) is 77.8 Å². The van der Waals surface area contributed by atoms with Gasteiger partial charge in [-0.2, -0.15) is 0 Å². The summed E-state index contributed by atoms with van der Waals surface area (Å²) in [6.07, 6.45) is 0.257. The van der Waals surface area contributed by atoms with Crippen LogP contribution in [0.1, 0.15) is 17.2 Å². The van der Waals surface area contributed by atoms with Crippen LogP contribution in [-0.4, -0.2) is 31.1 Å². The number of benzene rings is 3. The van der Waals surface area contributed by atoms with Gasteiger partial charge in [0.05, 0.1) is 19.2 Å². The first-order valence-corrected chi connectivity index (χ1v) is 10.9. The van der Waals surface area contributed by atoms with Crippen LogP contribution >= 0.6 is 11.8 Å². The maximum absolute atomic E-state index is 12.4. The summed E-state index contributed by atoms with van der Waals surface area (Å²) in [5, 5.41) is 4.09. The number of H-pyrrole nitrogens is 1. The van der Waals surface area contributed by atoms with Gasteiger partial charge in [-0.05, 0) is 34.9 Å². The Hall–Kier alpha value is -3.25. The van der Waals surface area contributed by atoms with E-state index < -0.39 is 17.9 Å². The van der Waals surface area contributed by atoms with Crippen molar-refractivity contribution >= 4 is 45.4 Å². The Kier molecular flexibility index (Phi) is 6.28. The monoisotopic (exact) mass is 433 g/mol. The molecule has 0 bridgehead atoms. The van der Waals surface area contributed by atoms with E-state index in [9.17, 15) is 9.59 Å². The van der Waals surface area contributed by atoms with Gasteiger partial charge in [-0.25, -0.2) is 0 Å². The summed E-state index contributed by atoms with van der Waals surface area (Å²) in [6.45, 7) is 0. The fraction of sp³-hybridized carbons (Fsp3) is 0.200. The SMILES string of the molecule is COC(=O)C(CC(Sc1cc2ccccc2[nH]1)c1cccc2ccccc12)C(=O)OC. The molecule has 1 atom stereocenters. The van der Waals surface area contributed by atoms with E-state index in [-0.39, 0.29) is 11.7 Å². The second-order valence-electron chi connectivity index (χ2n) is 7.23. The van der Waals surface area contributed by atoms with E-state index >= 15 is 0 Å². The van der Waals surface area contributed by atoms with Gasteiger partial charge in [0.1, 0.15) is 0 Å². The lowest BCUT2D eigenvalue weighted by atomic mass is 9.95. The normalized spacial score (nSPS) is 12.2. The number of thioether (sulfide) groups is 1. The fourth-order valence-electron chi connectivity index (χ4n) is 3.82. The highest BCUT2D eigenvalue weighted by molar-refractivity contribution is 7.99. The van der Waals surface area contributed by atoms with Crippen LogP contribution in [0, 0.1) is 5.92 Å². The van der Waals surface area contributed by atoms with Crippen molar-refractivity contribution in [2.45, 2.75) is 16.7 Å². The molecule has 0 saturated heterocycles. The van der Waals surface area contributed by atoms with E-state index in [0.29, 0.717) is 0 Å². The molecule has 6 heteroatoms. The second-order valence-corrected chi connectivity index (χ2v) is 8.47. The maximum Gasteiger partial charge on any atom is 0.320 e. The van der Waals surface area contributed by atoms with Gasteiger partial charge in [0, 0.05) is 16.2 Å². The summed E-state index contributed by atoms with van der Waals surface area (Å²) in [5.74, 6) is -2.18. The first kappa shape index (κ1) is 21.0. The molecule has 0 amide bonds. The van der Waals surface area contributed by atoms with Gasteiger partial charge < -0.3 is 14.5 Å². The third kappa shape index (κ3) is 4.44. The van der Waals surface area contributed by atoms with Crippen molar-refractivity contribution < 1.29 is 19.1 Å². The lowest BCUT2D eigenvalue weighted by molar-refractivity contribution is -0.159. The maximum atomic E-state index is 12.4. The molecule has 4 rings (SSSR count). The van der Waals surface area contributed by atoms with Crippen LogP contribution in [0.2, 0.25) is 0 Å². The van der Waals surface area contributed by atoms with Crippen LogP contribution in [0.4, 0.5) is 0 Å². The number of hydrogen-bond donors (Lipinski definition) is 1. The van der Waals surface area contributed by atoms with E-state index in [1.165, 1.54) is 14.2 Å². The fourth-order valence-corrected chi connectivity index (χ4v) is 5.11. The number of ether oxygens (including phenoxy) is 2. The summed E-state index contributed by atoms with van der Waals surface area (Å²) in [7, 11) is 2.58. The van der Waals surface area contributed by atoms with Crippen LogP contribution in [0.25, 0.3) is 21.7 Å². The zero-order valence-electron chi connectivity index (χ0n) is 17.3. The van der Waals surface area contributed by atoms with Crippen LogP contribution < -0.4 is 0 Å². The molecular formula is C25H23NO4S. The minimum absolute atomic E-state index is 0.178. The van der Waals surface area contributed by atoms with Crippen molar-refractivity contribution in [3.8, 4) is 0 Å². The number of rotatable bonds is 7. The standard InChI is InChI=1S/C25H23NO4S/c1-29-24(27)20(25(28)30-2)15-22(19-12-7-10-16-8-3-5-11-18(16)19)31-23-14-17-9-4-6-13-21(17)26-23/h3-14,20,22,26H,15H2,1-2H3. The number of hydrogen-bond acceptors (Lipinski definition) is 5. The average Bonchev–Trinajstić information content (AvgIpc) is 3.23. The number of methoxy groups -OCH3 is 2. The highest BCUT2D eigenvalue weighted by Crippen LogP contribution is 2.43. The Morgan fingerprint density at radius 2 is 1.52 bits per heavy atom. The molecule has 0 aliphatic rings. The molecule has 0 radical (unpaired) electrons. The molecule has 31 heavy (non-hydrogen) atoms. The molecule has 4 aromatic rings. The Morgan fingerprint density at radius 3 is 2.23 bits per heavy atom. The summed E-state index contributed by atoms with van der Waals surface area (Å²) >= 11 is 1.60. The number of nitrogens with one attached hydrogen (secondary N) is 1. The summed E-state index contributed by atoms with van der Waals surface area (Å²) in [5.41, 5.74) is 2.10. The second kappa shape index (κ2) is 9.27. The quantitative estimate of drug-likeness (QED) is 0.237. The van der Waals surface area contributed by atoms with Crippen molar-refractivity contribution in [2.24, 2.45) is 5.92 Å². The summed E-state index contributed by atoms with van der Waals surface area (Å²) < 4.78 is 9.80. The van der Waals surface area contributed by atoms with Crippen LogP contribution in [0.3, 0.4) is 0 Å². The molecule has 0 spiro atoms. The number of para-hydroxylation sites is 1. The Labute approximate surface area is 184 Å². The average molecular weight is 434 g/mol. The minimum Gasteiger partial charge on any atom is -0.468 e. The lowest BCUT2D eigenvalue weighted by Gasteiger charge is -2.22. The predicted molar refractivity (Wildman–Crippen MR) is 123 cm³/mol. The van der Waals surface area contributed by atoms with Gasteiger partial charge in [-0.1, -0.05) is 60.7 Å². The van der Waals surface area contributed by atoms with Gasteiger partial charge in [0.15, 0.2) is 5.92 Å². The van der Waals surface area contributed by atoms with Crippen molar-refractivity contribution in [3.63, 3.8) is 0 Å². The molecule has 1 unspecified atom stereocenters. The first-order chi connectivity index (χ1) is 15.1. The highest BCUT2D eigenvalue weighted by atomic mass is 32.2. The lowest BCUT2D eigenvalue weighted by Crippen LogP contribution is -2.28. The van der Waals surface area contributed by atoms with Crippen LogP contribution in [-0.2, 0) is 19.1 Å². The topological polar surface area (TPSA) is 68.4 Å². The third-order valence-electron chi connectivity index (χ3n) is 5.37. The van der Waals surface area contributed by atoms with Gasteiger partial charge in [0.2, 0.25) is 0 Å². The summed E-state index contributed by atoms with van der Waals surface area (Å²) in [6, 6.07) is 24.4. The van der Waals surface area contributed by atoms with Crippen LogP contribution in [0.5, 0.6) is 0 Å². The minimum atomic E-state index is -1.00. The number of carbonyl (C=O) groups is 2. The van der Waals surface area contributed by atoms with Gasteiger partial charge >= 0.3 is 11.9 Å². The van der Waals surface area contributed by atoms with Gasteiger partial charge in [0.25, 0.3) is 0 Å². The van der Waals surface area contributed by atoms with Crippen molar-refractivity contribution in [3.05, 3.63) is 78.4 Å². The first-order valence-electron chi connectivity index (χ1n) is 9.98. The molecule has 0 aliphatic carbocycles. The molecule has 158 valence electrons. The number of fused-ring (bicyclic) bond motifs is 2. The molecule has 0 saturated carbocycles.